The van der Waals surface area contributed by atoms with Crippen LogP contribution in [-0.2, 0) is 7.05 Å². The van der Waals surface area contributed by atoms with Crippen molar-refractivity contribution >= 4 is 6.16 Å². The van der Waals surface area contributed by atoms with Crippen LogP contribution in [0.15, 0.2) is 12.5 Å². The lowest BCUT2D eigenvalue weighted by atomic mass is 10.8. The van der Waals surface area contributed by atoms with Gasteiger partial charge in [-0.25, -0.2) is 9.78 Å². The zero-order chi connectivity index (χ0) is 7.56. The highest BCUT2D eigenvalue weighted by molar-refractivity contribution is 5.60. The maximum atomic E-state index is 9.96. The number of aryl methyl sites for hydroxylation is 1. The molecule has 1 rings (SSSR count). The van der Waals surface area contributed by atoms with Crippen molar-refractivity contribution in [3.63, 3.8) is 0 Å². The normalized spacial score (nSPS) is 9.30. The number of imidazole rings is 1. The van der Waals surface area contributed by atoms with Crippen molar-refractivity contribution in [3.05, 3.63) is 12.5 Å². The van der Waals surface area contributed by atoms with Crippen LogP contribution >= 0.6 is 0 Å². The Bertz CT molecular complexity index is 243. The summed E-state index contributed by atoms with van der Waals surface area (Å²) >= 11 is 0. The summed E-state index contributed by atoms with van der Waals surface area (Å²) in [4.78, 5) is 13.6. The van der Waals surface area contributed by atoms with Gasteiger partial charge in [-0.05, 0) is 0 Å². The quantitative estimate of drug-likeness (QED) is 0.579. The van der Waals surface area contributed by atoms with Crippen LogP contribution in [0.5, 0.6) is 5.88 Å². The molecular weight excluding hydrogens is 136 g/mol. The molecule has 0 unspecified atom stereocenters. The van der Waals surface area contributed by atoms with Crippen molar-refractivity contribution in [1.82, 2.24) is 9.55 Å². The topological polar surface area (TPSA) is 64.4 Å². The van der Waals surface area contributed by atoms with Crippen molar-refractivity contribution in [2.45, 2.75) is 0 Å². The van der Waals surface area contributed by atoms with Crippen molar-refractivity contribution in [1.29, 1.82) is 0 Å². The van der Waals surface area contributed by atoms with Crippen LogP contribution in [0.3, 0.4) is 0 Å². The molecule has 0 amide bonds. The highest BCUT2D eigenvalue weighted by atomic mass is 16.7. The third-order valence-corrected chi connectivity index (χ3v) is 0.964. The molecule has 0 spiro atoms. The summed E-state index contributed by atoms with van der Waals surface area (Å²) in [6.07, 6.45) is 1.45. The second-order valence-corrected chi connectivity index (χ2v) is 1.71. The van der Waals surface area contributed by atoms with Gasteiger partial charge in [-0.3, -0.25) is 0 Å². The summed E-state index contributed by atoms with van der Waals surface area (Å²) in [5, 5.41) is 8.15. The molecular formula is C5H6N2O3. The van der Waals surface area contributed by atoms with E-state index in [4.69, 9.17) is 5.11 Å². The molecule has 1 heterocycles. The highest BCUT2D eigenvalue weighted by Crippen LogP contribution is 2.05. The summed E-state index contributed by atoms with van der Waals surface area (Å²) in [5.74, 6) is 0.215. The minimum absolute atomic E-state index is 0.215. The Hall–Kier alpha value is -1.52. The summed E-state index contributed by atoms with van der Waals surface area (Å²) < 4.78 is 5.77. The first-order valence-corrected chi connectivity index (χ1v) is 2.57. The molecule has 1 aromatic rings. The zero-order valence-electron chi connectivity index (χ0n) is 5.31. The number of carbonyl (C=O) groups is 1. The Morgan fingerprint density at radius 3 is 3.00 bits per heavy atom. The second kappa shape index (κ2) is 2.38. The number of hydrogen-bond donors (Lipinski definition) is 1. The van der Waals surface area contributed by atoms with Gasteiger partial charge in [0.05, 0.1) is 12.5 Å². The number of hydrogen-bond acceptors (Lipinski definition) is 3. The van der Waals surface area contributed by atoms with Crippen LogP contribution in [-0.4, -0.2) is 20.8 Å². The predicted molar refractivity (Wildman–Crippen MR) is 31.9 cm³/mol. The summed E-state index contributed by atoms with van der Waals surface area (Å²) in [6, 6.07) is 0. The Labute approximate surface area is 56.9 Å². The number of carboxylic acid groups (broad SMARTS) is 1. The third-order valence-electron chi connectivity index (χ3n) is 0.964. The van der Waals surface area contributed by atoms with Crippen molar-refractivity contribution in [2.75, 3.05) is 0 Å². The van der Waals surface area contributed by atoms with E-state index in [1.54, 1.807) is 7.05 Å². The summed E-state index contributed by atoms with van der Waals surface area (Å²) in [5.41, 5.74) is 0. The second-order valence-electron chi connectivity index (χ2n) is 1.71. The van der Waals surface area contributed by atoms with E-state index < -0.39 is 6.16 Å². The van der Waals surface area contributed by atoms with Crippen LogP contribution in [0, 0.1) is 0 Å². The predicted octanol–water partition coefficient (Wildman–Crippen LogP) is 0.477. The zero-order valence-corrected chi connectivity index (χ0v) is 5.31. The molecule has 0 aliphatic heterocycles. The molecule has 0 saturated carbocycles. The molecule has 0 atom stereocenters. The monoisotopic (exact) mass is 142 g/mol. The van der Waals surface area contributed by atoms with E-state index >= 15 is 0 Å². The molecule has 1 aromatic heterocycles. The van der Waals surface area contributed by atoms with Crippen LogP contribution in [0.4, 0.5) is 4.79 Å². The smallest absolute Gasteiger partial charge is 0.449 e. The minimum Gasteiger partial charge on any atom is -0.449 e. The molecule has 54 valence electrons. The van der Waals surface area contributed by atoms with Gasteiger partial charge >= 0.3 is 6.16 Å². The fraction of sp³-hybridized carbons (Fsp3) is 0.200. The average Bonchev–Trinajstić information content (AvgIpc) is 2.15. The van der Waals surface area contributed by atoms with Crippen LogP contribution in [0.1, 0.15) is 0 Å². The fourth-order valence-corrected chi connectivity index (χ4v) is 0.533. The van der Waals surface area contributed by atoms with Gasteiger partial charge in [0.1, 0.15) is 0 Å². The van der Waals surface area contributed by atoms with Gasteiger partial charge in [-0.2, -0.15) is 0 Å². The first-order valence-electron chi connectivity index (χ1n) is 2.57. The number of nitrogens with zero attached hydrogens (tertiary/aromatic N) is 2. The van der Waals surface area contributed by atoms with E-state index in [-0.39, 0.29) is 5.88 Å². The lowest BCUT2D eigenvalue weighted by molar-refractivity contribution is 0.141. The standard InChI is InChI=1S/C5H6N2O3/c1-7-3-6-2-4(7)10-5(8)9/h2-3H,1H3,(H,8,9). The highest BCUT2D eigenvalue weighted by Gasteiger charge is 2.02. The largest absolute Gasteiger partial charge is 0.512 e. The maximum Gasteiger partial charge on any atom is 0.512 e. The molecule has 0 aliphatic carbocycles. The number of rotatable bonds is 1. The van der Waals surface area contributed by atoms with Crippen molar-refractivity contribution in [2.24, 2.45) is 7.05 Å². The van der Waals surface area contributed by atoms with Crippen molar-refractivity contribution in [3.8, 4) is 5.88 Å². The first-order chi connectivity index (χ1) is 4.70. The van der Waals surface area contributed by atoms with Gasteiger partial charge in [0.2, 0.25) is 5.88 Å². The van der Waals surface area contributed by atoms with Crippen LogP contribution in [0.25, 0.3) is 0 Å². The summed E-state index contributed by atoms with van der Waals surface area (Å²) in [7, 11) is 1.64. The Morgan fingerprint density at radius 1 is 1.90 bits per heavy atom. The van der Waals surface area contributed by atoms with Gasteiger partial charge in [-0.1, -0.05) is 0 Å². The third kappa shape index (κ3) is 1.25. The molecule has 0 saturated heterocycles. The SMILES string of the molecule is Cn1cncc1OC(=O)O. The van der Waals surface area contributed by atoms with Gasteiger partial charge in [0, 0.05) is 7.05 Å². The van der Waals surface area contributed by atoms with E-state index in [2.05, 4.69) is 9.72 Å². The van der Waals surface area contributed by atoms with E-state index in [1.807, 2.05) is 0 Å². The maximum absolute atomic E-state index is 9.96. The molecule has 0 aromatic carbocycles. The number of ether oxygens (including phenoxy) is 1. The van der Waals surface area contributed by atoms with Gasteiger partial charge in [0.25, 0.3) is 0 Å². The molecule has 0 fully saturated rings. The molecule has 1 N–H and O–H groups in total. The first kappa shape index (κ1) is 6.60. The Balaban J connectivity index is 2.74. The lowest BCUT2D eigenvalue weighted by Crippen LogP contribution is -2.05. The van der Waals surface area contributed by atoms with E-state index in [1.165, 1.54) is 17.1 Å². The number of aromatic nitrogens is 2. The van der Waals surface area contributed by atoms with E-state index in [9.17, 15) is 4.79 Å². The Morgan fingerprint density at radius 2 is 2.60 bits per heavy atom. The molecule has 5 nitrogen and oxygen atoms in total. The molecule has 10 heavy (non-hydrogen) atoms. The van der Waals surface area contributed by atoms with Gasteiger partial charge < -0.3 is 14.4 Å². The molecule has 0 bridgehead atoms. The van der Waals surface area contributed by atoms with Gasteiger partial charge in [0.15, 0.2) is 0 Å². The molecule has 0 aliphatic rings. The molecule has 5 heteroatoms. The van der Waals surface area contributed by atoms with E-state index in [0.29, 0.717) is 0 Å². The minimum atomic E-state index is -1.33. The van der Waals surface area contributed by atoms with Crippen molar-refractivity contribution < 1.29 is 14.6 Å². The molecule has 0 radical (unpaired) electrons. The summed E-state index contributed by atoms with van der Waals surface area (Å²) in [6.45, 7) is 0. The Kier molecular flexibility index (Phi) is 1.57. The fourth-order valence-electron chi connectivity index (χ4n) is 0.533. The van der Waals surface area contributed by atoms with Crippen LogP contribution in [0.2, 0.25) is 0 Å². The van der Waals surface area contributed by atoms with Crippen LogP contribution < -0.4 is 4.74 Å². The van der Waals surface area contributed by atoms with E-state index in [0.717, 1.165) is 0 Å². The average molecular weight is 142 g/mol. The lowest BCUT2D eigenvalue weighted by Gasteiger charge is -1.96. The van der Waals surface area contributed by atoms with Gasteiger partial charge in [-0.15, -0.1) is 0 Å².